The second-order valence-electron chi connectivity index (χ2n) is 5.57. The molecule has 126 valence electrons. The first-order valence-electron chi connectivity index (χ1n) is 7.72. The number of fused-ring (bicyclic) bond motifs is 1. The van der Waals surface area contributed by atoms with E-state index in [0.29, 0.717) is 33.3 Å². The van der Waals surface area contributed by atoms with E-state index in [1.807, 2.05) is 0 Å². The number of hydrogen-bond donors (Lipinski definition) is 1. The number of amides is 1. The molecule has 1 aromatic carbocycles. The molecule has 0 saturated heterocycles. The van der Waals surface area contributed by atoms with Crippen LogP contribution in [0.2, 0.25) is 5.02 Å². The van der Waals surface area contributed by atoms with Crippen molar-refractivity contribution in [3.05, 3.63) is 52.2 Å². The molecule has 0 fully saturated rings. The number of aromatic nitrogens is 1. The number of thioether (sulfide) groups is 1. The van der Waals surface area contributed by atoms with Crippen LogP contribution in [0.1, 0.15) is 34.5 Å². The number of aryl methyl sites for hydroxylation is 1. The predicted octanol–water partition coefficient (Wildman–Crippen LogP) is 3.86. The van der Waals surface area contributed by atoms with Crippen molar-refractivity contribution in [2.45, 2.75) is 24.3 Å². The highest BCUT2D eigenvalue weighted by Gasteiger charge is 2.21. The zero-order chi connectivity index (χ0) is 17.8. The highest BCUT2D eigenvalue weighted by atomic mass is 35.5. The number of halogens is 1. The molecule has 0 spiro atoms. The molecule has 0 saturated carbocycles. The van der Waals surface area contributed by atoms with Crippen molar-refractivity contribution in [2.75, 3.05) is 11.1 Å². The Kier molecular flexibility index (Phi) is 5.37. The molecular formula is C18H14ClN3O2S. The van der Waals surface area contributed by atoms with Gasteiger partial charge in [0.15, 0.2) is 5.78 Å². The Morgan fingerprint density at radius 1 is 1.32 bits per heavy atom. The first-order chi connectivity index (χ1) is 12.1. The van der Waals surface area contributed by atoms with Gasteiger partial charge < -0.3 is 5.32 Å². The summed E-state index contributed by atoms with van der Waals surface area (Å²) >= 11 is 7.00. The molecule has 0 unspecified atom stereocenters. The molecule has 2 aromatic rings. The molecule has 25 heavy (non-hydrogen) atoms. The van der Waals surface area contributed by atoms with Crippen LogP contribution in [0.3, 0.4) is 0 Å². The Morgan fingerprint density at radius 2 is 2.08 bits per heavy atom. The second kappa shape index (κ2) is 7.68. The zero-order valence-electron chi connectivity index (χ0n) is 13.2. The maximum Gasteiger partial charge on any atom is 0.234 e. The van der Waals surface area contributed by atoms with E-state index in [4.69, 9.17) is 11.6 Å². The van der Waals surface area contributed by atoms with Gasteiger partial charge >= 0.3 is 0 Å². The number of hydrogen-bond acceptors (Lipinski definition) is 5. The minimum absolute atomic E-state index is 0.0299. The summed E-state index contributed by atoms with van der Waals surface area (Å²) in [6.07, 6.45) is 1.98. The predicted molar refractivity (Wildman–Crippen MR) is 97.0 cm³/mol. The van der Waals surface area contributed by atoms with Crippen LogP contribution in [0, 0.1) is 11.3 Å². The maximum absolute atomic E-state index is 12.1. The van der Waals surface area contributed by atoms with Gasteiger partial charge in [-0.25, -0.2) is 4.98 Å². The fraction of sp³-hybridized carbons (Fsp3) is 0.222. The van der Waals surface area contributed by atoms with Crippen molar-refractivity contribution >= 4 is 40.7 Å². The number of nitrogens with zero attached hydrogens (tertiary/aromatic N) is 2. The fourth-order valence-electron chi connectivity index (χ4n) is 2.57. The minimum atomic E-state index is -0.202. The highest BCUT2D eigenvalue weighted by Crippen LogP contribution is 2.27. The summed E-state index contributed by atoms with van der Waals surface area (Å²) in [5, 5.41) is 13.2. The summed E-state index contributed by atoms with van der Waals surface area (Å²) in [6, 6.07) is 10.5. The van der Waals surface area contributed by atoms with E-state index in [0.717, 1.165) is 18.5 Å². The number of carbonyl (C=O) groups excluding carboxylic acids is 2. The molecule has 0 radical (unpaired) electrons. The van der Waals surface area contributed by atoms with Crippen molar-refractivity contribution in [2.24, 2.45) is 0 Å². The Morgan fingerprint density at radius 3 is 2.80 bits per heavy atom. The summed E-state index contributed by atoms with van der Waals surface area (Å²) in [7, 11) is 0. The third-order valence-electron chi connectivity index (χ3n) is 3.77. The number of anilines is 1. The number of benzene rings is 1. The molecule has 1 amide bonds. The number of nitrogens with one attached hydrogen (secondary N) is 1. The van der Waals surface area contributed by atoms with E-state index < -0.39 is 0 Å². The summed E-state index contributed by atoms with van der Waals surface area (Å²) < 4.78 is 0. The van der Waals surface area contributed by atoms with E-state index in [9.17, 15) is 14.9 Å². The standard InChI is InChI=1S/C18H14ClN3O2S/c19-12-4-6-13(7-5-12)21-17(24)10-25-18-11(9-20)8-14-15(22-18)2-1-3-16(14)23/h4-8H,1-3,10H2,(H,21,24). The third kappa shape index (κ3) is 4.19. The van der Waals surface area contributed by atoms with E-state index in [2.05, 4.69) is 16.4 Å². The van der Waals surface area contributed by atoms with Gasteiger partial charge in [0.1, 0.15) is 11.1 Å². The normalized spacial score (nSPS) is 13.0. The van der Waals surface area contributed by atoms with Crippen LogP contribution in [0.4, 0.5) is 5.69 Å². The maximum atomic E-state index is 12.1. The lowest BCUT2D eigenvalue weighted by molar-refractivity contribution is -0.113. The van der Waals surface area contributed by atoms with Gasteiger partial charge in [0.05, 0.1) is 17.0 Å². The van der Waals surface area contributed by atoms with Gasteiger partial charge in [-0.15, -0.1) is 0 Å². The molecular weight excluding hydrogens is 358 g/mol. The molecule has 5 nitrogen and oxygen atoms in total. The molecule has 1 aliphatic carbocycles. The zero-order valence-corrected chi connectivity index (χ0v) is 14.8. The average Bonchev–Trinajstić information content (AvgIpc) is 2.61. The SMILES string of the molecule is N#Cc1cc2c(nc1SCC(=O)Nc1ccc(Cl)cc1)CCCC2=O. The Bertz CT molecular complexity index is 875. The van der Waals surface area contributed by atoms with Crippen LogP contribution in [0.25, 0.3) is 0 Å². The molecule has 0 atom stereocenters. The van der Waals surface area contributed by atoms with Crippen molar-refractivity contribution in [3.63, 3.8) is 0 Å². The average molecular weight is 372 g/mol. The Labute approximate surface area is 154 Å². The van der Waals surface area contributed by atoms with Crippen molar-refractivity contribution in [1.29, 1.82) is 5.26 Å². The quantitative estimate of drug-likeness (QED) is 0.825. The van der Waals surface area contributed by atoms with Gasteiger partial charge in [0.2, 0.25) is 5.91 Å². The van der Waals surface area contributed by atoms with Crippen LogP contribution >= 0.6 is 23.4 Å². The van der Waals surface area contributed by atoms with Gasteiger partial charge in [-0.2, -0.15) is 5.26 Å². The summed E-state index contributed by atoms with van der Waals surface area (Å²) in [6.45, 7) is 0. The lowest BCUT2D eigenvalue weighted by Crippen LogP contribution is -2.16. The van der Waals surface area contributed by atoms with Crippen LogP contribution < -0.4 is 5.32 Å². The summed E-state index contributed by atoms with van der Waals surface area (Å²) in [5.41, 5.74) is 2.24. The van der Waals surface area contributed by atoms with Gasteiger partial charge in [0.25, 0.3) is 0 Å². The lowest BCUT2D eigenvalue weighted by Gasteiger charge is -2.15. The minimum Gasteiger partial charge on any atom is -0.325 e. The molecule has 1 N–H and O–H groups in total. The largest absolute Gasteiger partial charge is 0.325 e. The molecule has 1 heterocycles. The molecule has 0 aliphatic heterocycles. The summed E-state index contributed by atoms with van der Waals surface area (Å²) in [5.74, 6) is -0.0501. The molecule has 1 aromatic heterocycles. The third-order valence-corrected chi connectivity index (χ3v) is 5.02. The molecule has 7 heteroatoms. The number of ketones is 1. The number of nitriles is 1. The molecule has 0 bridgehead atoms. The van der Waals surface area contributed by atoms with E-state index in [1.54, 1.807) is 30.3 Å². The number of Topliss-reactive ketones (excluding diaryl/α,β-unsaturated/α-hetero) is 1. The van der Waals surface area contributed by atoms with E-state index in [-0.39, 0.29) is 17.4 Å². The van der Waals surface area contributed by atoms with Crippen LogP contribution in [0.5, 0.6) is 0 Å². The monoisotopic (exact) mass is 371 g/mol. The first kappa shape index (κ1) is 17.5. The molecule has 3 rings (SSSR count). The number of rotatable bonds is 4. The van der Waals surface area contributed by atoms with Crippen LogP contribution in [-0.4, -0.2) is 22.4 Å². The topological polar surface area (TPSA) is 82.8 Å². The van der Waals surface area contributed by atoms with Gasteiger partial charge in [0, 0.05) is 22.7 Å². The van der Waals surface area contributed by atoms with Gasteiger partial charge in [-0.05, 0) is 43.2 Å². The second-order valence-corrected chi connectivity index (χ2v) is 6.97. The van der Waals surface area contributed by atoms with Crippen LogP contribution in [0.15, 0.2) is 35.4 Å². The molecule has 1 aliphatic rings. The smallest absolute Gasteiger partial charge is 0.234 e. The highest BCUT2D eigenvalue weighted by molar-refractivity contribution is 8.00. The van der Waals surface area contributed by atoms with E-state index in [1.165, 1.54) is 11.8 Å². The fourth-order valence-corrected chi connectivity index (χ4v) is 3.47. The number of pyridine rings is 1. The van der Waals surface area contributed by atoms with Crippen LogP contribution in [-0.2, 0) is 11.2 Å². The van der Waals surface area contributed by atoms with Gasteiger partial charge in [-0.3, -0.25) is 9.59 Å². The Hall–Kier alpha value is -2.36. The van der Waals surface area contributed by atoms with E-state index >= 15 is 0 Å². The Balaban J connectivity index is 1.70. The van der Waals surface area contributed by atoms with Crippen molar-refractivity contribution < 1.29 is 9.59 Å². The number of carbonyl (C=O) groups is 2. The van der Waals surface area contributed by atoms with Crippen molar-refractivity contribution in [1.82, 2.24) is 4.98 Å². The summed E-state index contributed by atoms with van der Waals surface area (Å²) in [4.78, 5) is 28.5. The lowest BCUT2D eigenvalue weighted by atomic mass is 9.94. The van der Waals surface area contributed by atoms with Crippen molar-refractivity contribution in [3.8, 4) is 6.07 Å². The van der Waals surface area contributed by atoms with Gasteiger partial charge in [-0.1, -0.05) is 23.4 Å². The first-order valence-corrected chi connectivity index (χ1v) is 9.08.